The van der Waals surface area contributed by atoms with E-state index in [2.05, 4.69) is 97.7 Å². The van der Waals surface area contributed by atoms with Gasteiger partial charge in [-0.1, -0.05) is 84.9 Å². The molecule has 0 aliphatic heterocycles. The second-order valence-electron chi connectivity index (χ2n) is 7.63. The Labute approximate surface area is 185 Å². The first kappa shape index (κ1) is 21.9. The second-order valence-corrected chi connectivity index (χ2v) is 7.63. The van der Waals surface area contributed by atoms with E-state index in [1.165, 1.54) is 27.5 Å². The molecule has 1 unspecified atom stereocenters. The summed E-state index contributed by atoms with van der Waals surface area (Å²) in [4.78, 5) is 2.35. The maximum Gasteiger partial charge on any atom is 0.121 e. The molecular weight excluding hydrogens is 390 g/mol. The molecule has 0 aliphatic carbocycles. The van der Waals surface area contributed by atoms with Gasteiger partial charge in [-0.2, -0.15) is 0 Å². The molecule has 30 heavy (non-hydrogen) atoms. The van der Waals surface area contributed by atoms with Crippen molar-refractivity contribution in [3.05, 3.63) is 114 Å². The van der Waals surface area contributed by atoms with Crippen LogP contribution in [-0.4, -0.2) is 11.9 Å². The molecule has 0 aliphatic rings. The van der Waals surface area contributed by atoms with Crippen LogP contribution in [0.15, 0.2) is 97.1 Å². The van der Waals surface area contributed by atoms with Gasteiger partial charge in [0, 0.05) is 13.1 Å². The smallest absolute Gasteiger partial charge is 0.121 e. The number of hydrogen-bond donors (Lipinski definition) is 0. The van der Waals surface area contributed by atoms with E-state index in [4.69, 9.17) is 4.74 Å². The van der Waals surface area contributed by atoms with Crippen molar-refractivity contribution in [1.29, 1.82) is 0 Å². The van der Waals surface area contributed by atoms with Crippen LogP contribution >= 0.6 is 12.4 Å². The molecule has 4 aromatic rings. The van der Waals surface area contributed by atoms with Gasteiger partial charge in [0.05, 0.1) is 0 Å². The first-order chi connectivity index (χ1) is 14.2. The lowest BCUT2D eigenvalue weighted by atomic mass is 10.0. The van der Waals surface area contributed by atoms with Crippen molar-refractivity contribution in [2.75, 3.05) is 7.05 Å². The largest absolute Gasteiger partial charge is 0.486 e. The van der Waals surface area contributed by atoms with Gasteiger partial charge in [0.2, 0.25) is 0 Å². The first-order valence-corrected chi connectivity index (χ1v) is 10.1. The fourth-order valence-corrected chi connectivity index (χ4v) is 3.76. The number of benzene rings is 4. The van der Waals surface area contributed by atoms with E-state index in [9.17, 15) is 0 Å². The van der Waals surface area contributed by atoms with Gasteiger partial charge in [-0.15, -0.1) is 12.4 Å². The summed E-state index contributed by atoms with van der Waals surface area (Å²) in [6.45, 7) is 3.91. The normalized spacial score (nSPS) is 11.8. The quantitative estimate of drug-likeness (QED) is 0.320. The monoisotopic (exact) mass is 417 g/mol. The van der Waals surface area contributed by atoms with Gasteiger partial charge in [0.15, 0.2) is 0 Å². The van der Waals surface area contributed by atoms with E-state index >= 15 is 0 Å². The van der Waals surface area contributed by atoms with Crippen molar-refractivity contribution < 1.29 is 4.74 Å². The highest BCUT2D eigenvalue weighted by atomic mass is 35.5. The van der Waals surface area contributed by atoms with Crippen molar-refractivity contribution in [3.63, 3.8) is 0 Å². The zero-order valence-electron chi connectivity index (χ0n) is 17.5. The topological polar surface area (TPSA) is 12.5 Å². The highest BCUT2D eigenvalue weighted by Gasteiger charge is 2.08. The number of halogens is 1. The second kappa shape index (κ2) is 10.3. The predicted octanol–water partition coefficient (Wildman–Crippen LogP) is 7.03. The molecule has 0 aromatic heterocycles. The van der Waals surface area contributed by atoms with Gasteiger partial charge in [0.25, 0.3) is 0 Å². The fraction of sp³-hybridized carbons (Fsp3) is 0.185. The number of ether oxygens (including phenoxy) is 1. The number of rotatable bonds is 7. The zero-order valence-corrected chi connectivity index (χ0v) is 18.3. The zero-order chi connectivity index (χ0) is 20.1. The molecular formula is C27H28ClNO. The molecule has 0 spiro atoms. The number of fused-ring (bicyclic) bond motifs is 1. The van der Waals surface area contributed by atoms with Gasteiger partial charge in [-0.3, -0.25) is 4.90 Å². The molecule has 0 N–H and O–H groups in total. The van der Waals surface area contributed by atoms with Crippen molar-refractivity contribution in [2.24, 2.45) is 0 Å². The van der Waals surface area contributed by atoms with Gasteiger partial charge in [-0.05, 0) is 53.6 Å². The molecule has 4 rings (SSSR count). The van der Waals surface area contributed by atoms with Crippen LogP contribution < -0.4 is 4.74 Å². The Morgan fingerprint density at radius 1 is 0.733 bits per heavy atom. The SMILES string of the molecule is CC(Oc1ccc(CN(C)Cc2cccc3ccccc23)cc1)c1ccccc1.Cl. The Morgan fingerprint density at radius 2 is 1.40 bits per heavy atom. The molecule has 0 bridgehead atoms. The Hall–Kier alpha value is -2.81. The number of nitrogens with zero attached hydrogens (tertiary/aromatic N) is 1. The third-order valence-corrected chi connectivity index (χ3v) is 5.28. The van der Waals surface area contributed by atoms with E-state index in [1.807, 2.05) is 18.2 Å². The lowest BCUT2D eigenvalue weighted by Gasteiger charge is -2.19. The summed E-state index contributed by atoms with van der Waals surface area (Å²) in [5.41, 5.74) is 3.83. The predicted molar refractivity (Wildman–Crippen MR) is 128 cm³/mol. The minimum atomic E-state index is 0. The third kappa shape index (κ3) is 5.41. The van der Waals surface area contributed by atoms with E-state index in [0.29, 0.717) is 0 Å². The standard InChI is InChI=1S/C27H27NO.ClH/c1-21(23-9-4-3-5-10-23)29-26-17-15-22(16-18-26)19-28(2)20-25-13-8-12-24-11-6-7-14-27(24)25;/h3-18,21H,19-20H2,1-2H3;1H. The molecule has 154 valence electrons. The Morgan fingerprint density at radius 3 is 2.17 bits per heavy atom. The first-order valence-electron chi connectivity index (χ1n) is 10.1. The van der Waals surface area contributed by atoms with Crippen molar-refractivity contribution in [2.45, 2.75) is 26.1 Å². The molecule has 0 saturated heterocycles. The lowest BCUT2D eigenvalue weighted by Crippen LogP contribution is -2.17. The minimum Gasteiger partial charge on any atom is -0.486 e. The summed E-state index contributed by atoms with van der Waals surface area (Å²) in [7, 11) is 2.17. The van der Waals surface area contributed by atoms with Crippen LogP contribution in [0.5, 0.6) is 5.75 Å². The van der Waals surface area contributed by atoms with Gasteiger partial charge in [0.1, 0.15) is 11.9 Å². The maximum absolute atomic E-state index is 6.09. The summed E-state index contributed by atoms with van der Waals surface area (Å²) >= 11 is 0. The summed E-state index contributed by atoms with van der Waals surface area (Å²) in [6.07, 6.45) is 0.0380. The van der Waals surface area contributed by atoms with Crippen LogP contribution in [0.1, 0.15) is 29.7 Å². The summed E-state index contributed by atoms with van der Waals surface area (Å²) < 4.78 is 6.09. The van der Waals surface area contributed by atoms with Crippen LogP contribution in [0.4, 0.5) is 0 Å². The average molecular weight is 418 g/mol. The van der Waals surface area contributed by atoms with Gasteiger partial charge in [-0.25, -0.2) is 0 Å². The van der Waals surface area contributed by atoms with Crippen molar-refractivity contribution >= 4 is 23.2 Å². The van der Waals surface area contributed by atoms with Crippen LogP contribution in [-0.2, 0) is 13.1 Å². The molecule has 0 radical (unpaired) electrons. The molecule has 2 nitrogen and oxygen atoms in total. The molecule has 0 heterocycles. The Bertz CT molecular complexity index is 1060. The van der Waals surface area contributed by atoms with Crippen molar-refractivity contribution in [3.8, 4) is 5.75 Å². The Kier molecular flexibility index (Phi) is 7.51. The van der Waals surface area contributed by atoms with Crippen LogP contribution in [0.3, 0.4) is 0 Å². The van der Waals surface area contributed by atoms with Crippen LogP contribution in [0, 0.1) is 0 Å². The Balaban J connectivity index is 0.00000256. The molecule has 0 amide bonds. The highest BCUT2D eigenvalue weighted by molar-refractivity contribution is 5.86. The third-order valence-electron chi connectivity index (χ3n) is 5.28. The minimum absolute atomic E-state index is 0. The van der Waals surface area contributed by atoms with E-state index in [1.54, 1.807) is 0 Å². The number of hydrogen-bond acceptors (Lipinski definition) is 2. The molecule has 3 heteroatoms. The summed E-state index contributed by atoms with van der Waals surface area (Å²) in [5, 5.41) is 2.63. The summed E-state index contributed by atoms with van der Waals surface area (Å²) in [5.74, 6) is 0.904. The average Bonchev–Trinajstić information content (AvgIpc) is 2.76. The van der Waals surface area contributed by atoms with Crippen LogP contribution in [0.25, 0.3) is 10.8 Å². The van der Waals surface area contributed by atoms with Crippen LogP contribution in [0.2, 0.25) is 0 Å². The van der Waals surface area contributed by atoms with E-state index in [-0.39, 0.29) is 18.5 Å². The summed E-state index contributed by atoms with van der Waals surface area (Å²) in [6, 6.07) is 33.9. The lowest BCUT2D eigenvalue weighted by molar-refractivity contribution is 0.226. The highest BCUT2D eigenvalue weighted by Crippen LogP contribution is 2.23. The fourth-order valence-electron chi connectivity index (χ4n) is 3.76. The van der Waals surface area contributed by atoms with Gasteiger partial charge >= 0.3 is 0 Å². The molecule has 0 saturated carbocycles. The molecule has 0 fully saturated rings. The van der Waals surface area contributed by atoms with Crippen molar-refractivity contribution in [1.82, 2.24) is 4.90 Å². The maximum atomic E-state index is 6.09. The molecule has 1 atom stereocenters. The van der Waals surface area contributed by atoms with Gasteiger partial charge < -0.3 is 4.74 Å². The molecule has 4 aromatic carbocycles. The van der Waals surface area contributed by atoms with E-state index < -0.39 is 0 Å². The van der Waals surface area contributed by atoms with E-state index in [0.717, 1.165) is 18.8 Å².